The number of nitrogens with two attached hydrogens (primary N) is 16. The number of carbonyl (C=O) groups is 12. The number of nitrogens with one attached hydrogen (secondary N) is 13. The van der Waals surface area contributed by atoms with Crippen molar-refractivity contribution in [3.05, 3.63) is 0 Å². The lowest BCUT2D eigenvalue weighted by atomic mass is 10.0. The average Bonchev–Trinajstić information content (AvgIpc) is 0.857. The van der Waals surface area contributed by atoms with Gasteiger partial charge in [-0.05, 0) is 123 Å². The van der Waals surface area contributed by atoms with Crippen LogP contribution in [0.5, 0.6) is 0 Å². The fraction of sp³-hybridized carbons (Fsp3) is 0.672. The molecule has 0 aliphatic heterocycles. The lowest BCUT2D eigenvalue weighted by Crippen LogP contribution is -2.60. The Balaban J connectivity index is 7.77. The molecule has 0 aromatic carbocycles. The van der Waals surface area contributed by atoms with Crippen LogP contribution in [0.1, 0.15) is 110 Å². The maximum Gasteiger partial charge on any atom is 0.244 e. The van der Waals surface area contributed by atoms with E-state index in [1.54, 1.807) is 13.3 Å². The van der Waals surface area contributed by atoms with Crippen LogP contribution in [0.15, 0.2) is 39.9 Å². The van der Waals surface area contributed by atoms with Crippen LogP contribution in [0.4, 0.5) is 0 Å². The number of amides is 12. The Kier molecular flexibility index (Phi) is 51.1. The van der Waals surface area contributed by atoms with Crippen molar-refractivity contribution in [2.24, 2.45) is 132 Å². The molecule has 45 N–H and O–H groups in total. The number of hydrogen-bond acceptors (Lipinski definition) is 22. The molecule has 0 spiro atoms. The van der Waals surface area contributed by atoms with Gasteiger partial charge in [0.2, 0.25) is 70.9 Å². The number of guanidine groups is 8. The van der Waals surface area contributed by atoms with Crippen molar-refractivity contribution in [3.63, 3.8) is 0 Å². The van der Waals surface area contributed by atoms with E-state index in [1.165, 1.54) is 25.7 Å². The highest BCUT2D eigenvalue weighted by molar-refractivity contribution is 7.98. The normalized spacial score (nSPS) is 13.3. The summed E-state index contributed by atoms with van der Waals surface area (Å²) in [5.74, 6) is -12.2. The van der Waals surface area contributed by atoms with Gasteiger partial charge >= 0.3 is 0 Å². The van der Waals surface area contributed by atoms with Crippen LogP contribution >= 0.6 is 11.8 Å². The molecule has 10 atom stereocenters. The maximum absolute atomic E-state index is 14.9. The molecule has 49 nitrogen and oxygen atoms in total. The number of rotatable bonds is 58. The van der Waals surface area contributed by atoms with Crippen LogP contribution in [-0.4, -0.2) is 271 Å². The summed E-state index contributed by atoms with van der Waals surface area (Å²) in [6, 6.07) is -14.0. The Hall–Kier alpha value is -11.9. The second kappa shape index (κ2) is 57.3. The zero-order valence-corrected chi connectivity index (χ0v) is 64.3. The third kappa shape index (κ3) is 48.2. The molecule has 0 saturated heterocycles. The summed E-state index contributed by atoms with van der Waals surface area (Å²) in [6.45, 7) is 0.229. The van der Waals surface area contributed by atoms with Crippen molar-refractivity contribution in [3.8, 4) is 0 Å². The molecule has 0 aromatic heterocycles. The first kappa shape index (κ1) is 99.1. The highest BCUT2D eigenvalue weighted by Crippen LogP contribution is 2.12. The van der Waals surface area contributed by atoms with Gasteiger partial charge in [0.05, 0.1) is 13.1 Å². The molecule has 628 valence electrons. The highest BCUT2D eigenvalue weighted by Gasteiger charge is 2.36. The smallest absolute Gasteiger partial charge is 0.244 e. The molecule has 50 heteroatoms. The molecule has 0 aromatic rings. The Morgan fingerprint density at radius 3 is 0.676 bits per heavy atom. The molecule has 0 heterocycles. The van der Waals surface area contributed by atoms with Gasteiger partial charge in [-0.2, -0.15) is 11.8 Å². The van der Waals surface area contributed by atoms with E-state index >= 15 is 0 Å². The molecule has 0 saturated carbocycles. The summed E-state index contributed by atoms with van der Waals surface area (Å²) in [5, 5.41) is 33.7. The zero-order valence-electron chi connectivity index (χ0n) is 63.5. The molecule has 0 aliphatic carbocycles. The SMILES string of the molecule is CNCC(=O)N[C@@H](CSC)C(=O)N[C@@H](C)C(=O)NCC(=O)N[C@H](CCCN=C(N)N)C(=O)N[C@H](CCCN=C(N)N)C(=O)N[C@H](CCCN=C(N)N)C(=O)N[C@H](CCCN=C(N)N)C(=O)N[C@H](CCCN=C(N)N)C(=O)N[C@H](CCCN=C(N)N)C(=O)N[C@H](CCCN=C(N)N)C(=O)N[C@H](CCCN=C(N)N)C(=O)NC. The van der Waals surface area contributed by atoms with Crippen molar-refractivity contribution in [1.29, 1.82) is 0 Å². The number of hydrogen-bond donors (Lipinski definition) is 29. The Bertz CT molecular complexity index is 3210. The standard InChI is InChI=1S/C61H121N37O12S/c1-32(89-53(110)41(31-111-4)91-42(99)29-78-2)44(101)88-30-43(100)90-34(14-6-22-81-55(64)65)46(103)93-36(16-8-24-83-57(68)69)48(105)95-38(18-10-26-85-59(72)73)50(107)97-40(20-12-28-87-61(76)77)52(109)98-39(19-11-27-86-60(74)75)51(108)96-37(17-9-25-84-58(70)71)49(106)94-35(15-7-23-82-56(66)67)47(104)92-33(45(102)79-3)13-5-21-80-54(62)63/h32-41,78H,5-31H2,1-4H3,(H,79,102)(H,88,101)(H,89,110)(H,90,100)(H,91,99)(H,92,104)(H,93,103)(H,94,106)(H,95,105)(H,96,108)(H,97,107)(H,98,109)(H4,62,63,80)(H4,64,65,81)(H4,66,67,82)(H4,68,69,83)(H4,70,71,84)(H4,72,73,85)(H4,74,75,86)(H4,76,77,87)/t32-,33+,34+,35+,36+,37+,38+,39+,40+,41-/m0/s1. The minimum absolute atomic E-state index is 0.00108. The molecule has 0 aliphatic rings. The van der Waals surface area contributed by atoms with Gasteiger partial charge in [-0.3, -0.25) is 97.5 Å². The van der Waals surface area contributed by atoms with E-state index < -0.39 is 138 Å². The average molecular weight is 1600 g/mol. The number of nitrogens with zero attached hydrogens (tertiary/aromatic N) is 8. The fourth-order valence-corrected chi connectivity index (χ4v) is 10.5. The van der Waals surface area contributed by atoms with Crippen LogP contribution in [-0.2, 0) is 57.5 Å². The van der Waals surface area contributed by atoms with Gasteiger partial charge in [0.25, 0.3) is 0 Å². The minimum atomic E-state index is -1.59. The summed E-state index contributed by atoms with van der Waals surface area (Å²) in [5.41, 5.74) is 89.2. The van der Waals surface area contributed by atoms with E-state index in [2.05, 4.69) is 109 Å². The van der Waals surface area contributed by atoms with Crippen LogP contribution in [0, 0.1) is 0 Å². The monoisotopic (exact) mass is 1600 g/mol. The topological polar surface area (TPSA) is 876 Å². The maximum atomic E-state index is 14.9. The van der Waals surface area contributed by atoms with E-state index in [4.69, 9.17) is 91.7 Å². The molecule has 0 rings (SSSR count). The van der Waals surface area contributed by atoms with Crippen LogP contribution < -0.4 is 161 Å². The first-order valence-electron chi connectivity index (χ1n) is 35.5. The van der Waals surface area contributed by atoms with Crippen molar-refractivity contribution in [1.82, 2.24) is 69.1 Å². The summed E-state index contributed by atoms with van der Waals surface area (Å²) in [4.78, 5) is 200. The number of aliphatic imine (C=N–C) groups is 8. The molecule has 12 amide bonds. The lowest BCUT2D eigenvalue weighted by Gasteiger charge is -2.28. The minimum Gasteiger partial charge on any atom is -0.370 e. The number of likely N-dealkylation sites (N-methyl/N-ethyl adjacent to an activating group) is 2. The van der Waals surface area contributed by atoms with Gasteiger partial charge in [0.15, 0.2) is 47.7 Å². The predicted molar refractivity (Wildman–Crippen MR) is 424 cm³/mol. The molecular formula is C61H121N37O12S. The highest BCUT2D eigenvalue weighted by atomic mass is 32.2. The van der Waals surface area contributed by atoms with Crippen LogP contribution in [0.25, 0.3) is 0 Å². The van der Waals surface area contributed by atoms with E-state index in [0.29, 0.717) is 0 Å². The molecule has 0 bridgehead atoms. The quantitative estimate of drug-likeness (QED) is 0.0153. The third-order valence-electron chi connectivity index (χ3n) is 15.4. The molecule has 0 fully saturated rings. The van der Waals surface area contributed by atoms with Crippen molar-refractivity contribution < 1.29 is 57.5 Å². The first-order valence-corrected chi connectivity index (χ1v) is 36.9. The summed E-state index contributed by atoms with van der Waals surface area (Å²) >= 11 is 1.27. The fourth-order valence-electron chi connectivity index (χ4n) is 9.96. The largest absolute Gasteiger partial charge is 0.370 e. The summed E-state index contributed by atoms with van der Waals surface area (Å²) in [6.07, 6.45) is 0.853. The van der Waals surface area contributed by atoms with E-state index in [-0.39, 0.29) is 215 Å². The van der Waals surface area contributed by atoms with E-state index in [0.717, 1.165) is 0 Å². The van der Waals surface area contributed by atoms with E-state index in [1.807, 2.05) is 0 Å². The predicted octanol–water partition coefficient (Wildman–Crippen LogP) is -14.3. The van der Waals surface area contributed by atoms with Gasteiger partial charge in [0, 0.05) is 65.2 Å². The van der Waals surface area contributed by atoms with Gasteiger partial charge in [-0.1, -0.05) is 0 Å². The second-order valence-corrected chi connectivity index (χ2v) is 25.7. The van der Waals surface area contributed by atoms with Gasteiger partial charge < -0.3 is 161 Å². The van der Waals surface area contributed by atoms with Gasteiger partial charge in [0.1, 0.15) is 60.4 Å². The molecule has 0 unspecified atom stereocenters. The molecule has 0 radical (unpaired) electrons. The number of thioether (sulfide) groups is 1. The zero-order chi connectivity index (χ0) is 84.0. The summed E-state index contributed by atoms with van der Waals surface area (Å²) in [7, 11) is 2.90. The Morgan fingerprint density at radius 2 is 0.468 bits per heavy atom. The van der Waals surface area contributed by atoms with Gasteiger partial charge in [-0.15, -0.1) is 0 Å². The molecular weight excluding hydrogens is 1470 g/mol. The second-order valence-electron chi connectivity index (χ2n) is 24.8. The lowest BCUT2D eigenvalue weighted by molar-refractivity contribution is -0.136. The summed E-state index contributed by atoms with van der Waals surface area (Å²) < 4.78 is 0. The first-order chi connectivity index (χ1) is 52.4. The Morgan fingerprint density at radius 1 is 0.270 bits per heavy atom. The van der Waals surface area contributed by atoms with Crippen molar-refractivity contribution in [2.45, 2.75) is 170 Å². The Labute approximate surface area is 647 Å². The molecule has 111 heavy (non-hydrogen) atoms. The van der Waals surface area contributed by atoms with E-state index in [9.17, 15) is 57.5 Å². The van der Waals surface area contributed by atoms with Crippen molar-refractivity contribution in [2.75, 3.05) is 91.6 Å². The number of carbonyl (C=O) groups excluding carboxylic acids is 12. The third-order valence-corrected chi connectivity index (χ3v) is 16.1. The van der Waals surface area contributed by atoms with Crippen LogP contribution in [0.2, 0.25) is 0 Å². The van der Waals surface area contributed by atoms with Gasteiger partial charge in [-0.25, -0.2) is 0 Å². The van der Waals surface area contributed by atoms with Crippen molar-refractivity contribution >= 4 is 130 Å². The van der Waals surface area contributed by atoms with Crippen LogP contribution in [0.3, 0.4) is 0 Å².